The molecule has 0 amide bonds. The monoisotopic (exact) mass is 289 g/mol. The fraction of sp³-hybridized carbons (Fsp3) is 0.471. The molecule has 1 N–H and O–H groups in total. The minimum atomic E-state index is -0.239. The topological polar surface area (TPSA) is 29.9 Å². The standard InChI is InChI=1S/C17H24FN3/c1-12(2)9-19-10-14-11-20-21(17(14)13(3)4)16-7-5-6-15(18)8-16/h5-8,11-13,19H,9-10H2,1-4H3. The first-order valence-corrected chi connectivity index (χ1v) is 7.52. The van der Waals surface area contributed by atoms with Crippen molar-refractivity contribution in [3.05, 3.63) is 47.5 Å². The fourth-order valence-electron chi connectivity index (χ4n) is 2.45. The highest BCUT2D eigenvalue weighted by Gasteiger charge is 2.15. The lowest BCUT2D eigenvalue weighted by atomic mass is 10.1. The molecule has 1 heterocycles. The van der Waals surface area contributed by atoms with E-state index in [2.05, 4.69) is 38.1 Å². The van der Waals surface area contributed by atoms with E-state index in [-0.39, 0.29) is 5.82 Å². The summed E-state index contributed by atoms with van der Waals surface area (Å²) in [6.45, 7) is 10.4. The highest BCUT2D eigenvalue weighted by molar-refractivity contribution is 5.36. The third-order valence-corrected chi connectivity index (χ3v) is 3.35. The second-order valence-corrected chi connectivity index (χ2v) is 6.13. The molecule has 3 nitrogen and oxygen atoms in total. The van der Waals surface area contributed by atoms with Gasteiger partial charge in [0.2, 0.25) is 0 Å². The van der Waals surface area contributed by atoms with Crippen molar-refractivity contribution in [2.45, 2.75) is 40.2 Å². The number of halogens is 1. The van der Waals surface area contributed by atoms with E-state index < -0.39 is 0 Å². The van der Waals surface area contributed by atoms with Crippen LogP contribution in [-0.4, -0.2) is 16.3 Å². The summed E-state index contributed by atoms with van der Waals surface area (Å²) in [5.74, 6) is 0.703. The Morgan fingerprint density at radius 2 is 2.00 bits per heavy atom. The van der Waals surface area contributed by atoms with Crippen LogP contribution in [0, 0.1) is 11.7 Å². The van der Waals surface area contributed by atoms with Crippen LogP contribution in [0.25, 0.3) is 5.69 Å². The predicted octanol–water partition coefficient (Wildman–Crippen LogP) is 3.88. The summed E-state index contributed by atoms with van der Waals surface area (Å²) in [7, 11) is 0. The number of nitrogens with one attached hydrogen (secondary N) is 1. The molecule has 1 aromatic carbocycles. The number of nitrogens with zero attached hydrogens (tertiary/aromatic N) is 2. The fourth-order valence-corrected chi connectivity index (χ4v) is 2.45. The predicted molar refractivity (Wildman–Crippen MR) is 84.2 cm³/mol. The quantitative estimate of drug-likeness (QED) is 0.874. The van der Waals surface area contributed by atoms with Gasteiger partial charge in [-0.05, 0) is 36.6 Å². The maximum Gasteiger partial charge on any atom is 0.125 e. The molecule has 0 fully saturated rings. The van der Waals surface area contributed by atoms with Gasteiger partial charge in [-0.1, -0.05) is 33.8 Å². The van der Waals surface area contributed by atoms with Crippen molar-refractivity contribution in [3.8, 4) is 5.69 Å². The highest BCUT2D eigenvalue weighted by atomic mass is 19.1. The molecule has 21 heavy (non-hydrogen) atoms. The molecule has 0 bridgehead atoms. The summed E-state index contributed by atoms with van der Waals surface area (Å²) >= 11 is 0. The number of hydrogen-bond acceptors (Lipinski definition) is 2. The number of hydrogen-bond donors (Lipinski definition) is 1. The van der Waals surface area contributed by atoms with Gasteiger partial charge in [0.05, 0.1) is 17.6 Å². The summed E-state index contributed by atoms with van der Waals surface area (Å²) in [5.41, 5.74) is 3.08. The zero-order valence-corrected chi connectivity index (χ0v) is 13.2. The second-order valence-electron chi connectivity index (χ2n) is 6.13. The van der Waals surface area contributed by atoms with Gasteiger partial charge in [0.1, 0.15) is 5.82 Å². The first-order chi connectivity index (χ1) is 9.99. The average Bonchev–Trinajstić information content (AvgIpc) is 2.82. The van der Waals surface area contributed by atoms with E-state index in [1.807, 2.05) is 16.9 Å². The number of aromatic nitrogens is 2. The van der Waals surface area contributed by atoms with Crippen molar-refractivity contribution in [2.24, 2.45) is 5.92 Å². The molecule has 0 aliphatic carbocycles. The van der Waals surface area contributed by atoms with Crippen LogP contribution >= 0.6 is 0 Å². The van der Waals surface area contributed by atoms with Gasteiger partial charge in [0.25, 0.3) is 0 Å². The average molecular weight is 289 g/mol. The Labute approximate surface area is 126 Å². The van der Waals surface area contributed by atoms with E-state index in [0.717, 1.165) is 24.5 Å². The Kier molecular flexibility index (Phi) is 5.12. The van der Waals surface area contributed by atoms with E-state index >= 15 is 0 Å². The van der Waals surface area contributed by atoms with Gasteiger partial charge in [0, 0.05) is 12.1 Å². The van der Waals surface area contributed by atoms with E-state index in [1.165, 1.54) is 17.7 Å². The molecular weight excluding hydrogens is 265 g/mol. The molecule has 1 aromatic heterocycles. The molecule has 0 spiro atoms. The van der Waals surface area contributed by atoms with Crippen LogP contribution in [0.4, 0.5) is 4.39 Å². The van der Waals surface area contributed by atoms with E-state index in [0.29, 0.717) is 11.8 Å². The Hall–Kier alpha value is -1.68. The Morgan fingerprint density at radius 3 is 2.62 bits per heavy atom. The Morgan fingerprint density at radius 1 is 1.24 bits per heavy atom. The lowest BCUT2D eigenvalue weighted by molar-refractivity contribution is 0.549. The van der Waals surface area contributed by atoms with E-state index in [4.69, 9.17) is 0 Å². The first kappa shape index (κ1) is 15.7. The van der Waals surface area contributed by atoms with Gasteiger partial charge in [-0.3, -0.25) is 0 Å². The van der Waals surface area contributed by atoms with E-state index in [9.17, 15) is 4.39 Å². The van der Waals surface area contributed by atoms with Gasteiger partial charge in [-0.15, -0.1) is 0 Å². The smallest absolute Gasteiger partial charge is 0.125 e. The normalized spacial score (nSPS) is 11.6. The molecule has 0 aliphatic heterocycles. The van der Waals surface area contributed by atoms with Crippen molar-refractivity contribution in [1.29, 1.82) is 0 Å². The van der Waals surface area contributed by atoms with Crippen molar-refractivity contribution in [1.82, 2.24) is 15.1 Å². The van der Waals surface area contributed by atoms with Crippen LogP contribution in [0.15, 0.2) is 30.5 Å². The Bertz CT molecular complexity index is 587. The van der Waals surface area contributed by atoms with Gasteiger partial charge >= 0.3 is 0 Å². The van der Waals surface area contributed by atoms with Gasteiger partial charge in [-0.25, -0.2) is 9.07 Å². The molecule has 2 rings (SSSR count). The SMILES string of the molecule is CC(C)CNCc1cnn(-c2cccc(F)c2)c1C(C)C. The van der Waals surface area contributed by atoms with Crippen molar-refractivity contribution in [3.63, 3.8) is 0 Å². The second kappa shape index (κ2) is 6.85. The number of rotatable bonds is 6. The molecule has 0 radical (unpaired) electrons. The molecular formula is C17H24FN3. The molecule has 114 valence electrons. The molecule has 2 aromatic rings. The minimum Gasteiger partial charge on any atom is -0.312 e. The summed E-state index contributed by atoms with van der Waals surface area (Å²) in [6.07, 6.45) is 1.88. The lowest BCUT2D eigenvalue weighted by Crippen LogP contribution is -2.20. The molecule has 0 atom stereocenters. The molecule has 4 heteroatoms. The van der Waals surface area contributed by atoms with Crippen LogP contribution < -0.4 is 5.32 Å². The summed E-state index contributed by atoms with van der Waals surface area (Å²) in [4.78, 5) is 0. The molecule has 0 aliphatic rings. The third-order valence-electron chi connectivity index (χ3n) is 3.35. The van der Waals surface area contributed by atoms with Gasteiger partial charge < -0.3 is 5.32 Å². The van der Waals surface area contributed by atoms with Crippen LogP contribution in [0.1, 0.15) is 44.9 Å². The van der Waals surface area contributed by atoms with Crippen LogP contribution in [0.2, 0.25) is 0 Å². The third kappa shape index (κ3) is 3.91. The minimum absolute atomic E-state index is 0.239. The van der Waals surface area contributed by atoms with Crippen LogP contribution in [0.3, 0.4) is 0 Å². The van der Waals surface area contributed by atoms with Crippen molar-refractivity contribution in [2.75, 3.05) is 6.54 Å². The zero-order chi connectivity index (χ0) is 15.4. The maximum absolute atomic E-state index is 13.4. The van der Waals surface area contributed by atoms with Crippen LogP contribution in [-0.2, 0) is 6.54 Å². The lowest BCUT2D eigenvalue weighted by Gasteiger charge is -2.14. The maximum atomic E-state index is 13.4. The van der Waals surface area contributed by atoms with Gasteiger partial charge in [-0.2, -0.15) is 5.10 Å². The zero-order valence-electron chi connectivity index (χ0n) is 13.2. The summed E-state index contributed by atoms with van der Waals surface area (Å²) < 4.78 is 15.3. The molecule has 0 saturated carbocycles. The summed E-state index contributed by atoms with van der Waals surface area (Å²) in [5, 5.41) is 7.90. The van der Waals surface area contributed by atoms with Crippen LogP contribution in [0.5, 0.6) is 0 Å². The molecule has 0 unspecified atom stereocenters. The largest absolute Gasteiger partial charge is 0.312 e. The Balaban J connectivity index is 2.28. The summed E-state index contributed by atoms with van der Waals surface area (Å²) in [6, 6.07) is 6.57. The number of benzene rings is 1. The van der Waals surface area contributed by atoms with Crippen molar-refractivity contribution < 1.29 is 4.39 Å². The van der Waals surface area contributed by atoms with E-state index in [1.54, 1.807) is 6.07 Å². The first-order valence-electron chi connectivity index (χ1n) is 7.52. The molecule has 0 saturated heterocycles. The van der Waals surface area contributed by atoms with Gasteiger partial charge in [0.15, 0.2) is 0 Å². The highest BCUT2D eigenvalue weighted by Crippen LogP contribution is 2.23. The van der Waals surface area contributed by atoms with Crippen molar-refractivity contribution >= 4 is 0 Å².